The molecule has 1 aliphatic carbocycles. The van der Waals surface area contributed by atoms with Gasteiger partial charge in [0, 0.05) is 23.9 Å². The SMILES string of the molecule is N#Cc1cnc2cc(CC(NC(=O)OCC3c4ccccc4-c4ccccc43)C(=O)O)ccc2c1. The van der Waals surface area contributed by atoms with Crippen molar-refractivity contribution in [3.8, 4) is 17.2 Å². The summed E-state index contributed by atoms with van der Waals surface area (Å²) in [7, 11) is 0. The van der Waals surface area contributed by atoms with E-state index in [2.05, 4.69) is 10.3 Å². The molecule has 172 valence electrons. The van der Waals surface area contributed by atoms with E-state index in [0.717, 1.165) is 27.6 Å². The Morgan fingerprint density at radius 3 is 2.37 bits per heavy atom. The van der Waals surface area contributed by atoms with E-state index in [4.69, 9.17) is 10.00 Å². The number of rotatable bonds is 6. The number of carbonyl (C=O) groups excluding carboxylic acids is 1. The molecule has 0 radical (unpaired) electrons. The van der Waals surface area contributed by atoms with Crippen LogP contribution in [0.3, 0.4) is 0 Å². The standard InChI is InChI=1S/C28H21N3O4/c29-14-18-11-19-10-9-17(12-25(19)30-15-18)13-26(27(32)33)31-28(34)35-16-24-22-7-3-1-5-20(22)21-6-2-4-8-23(21)24/h1-12,15,24,26H,13,16H2,(H,31,34)(H,32,33). The molecule has 1 aromatic heterocycles. The molecule has 7 nitrogen and oxygen atoms in total. The van der Waals surface area contributed by atoms with Crippen LogP contribution in [0.2, 0.25) is 0 Å². The molecule has 7 heteroatoms. The molecule has 0 saturated heterocycles. The molecular formula is C28H21N3O4. The zero-order chi connectivity index (χ0) is 24.4. The fourth-order valence-corrected chi connectivity index (χ4v) is 4.57. The number of carbonyl (C=O) groups is 2. The summed E-state index contributed by atoms with van der Waals surface area (Å²) in [6.45, 7) is 0.104. The number of hydrogen-bond donors (Lipinski definition) is 2. The molecule has 4 aromatic rings. The van der Waals surface area contributed by atoms with Gasteiger partial charge in [-0.1, -0.05) is 60.7 Å². The smallest absolute Gasteiger partial charge is 0.407 e. The Kier molecular flexibility index (Phi) is 5.86. The minimum atomic E-state index is -1.17. The minimum Gasteiger partial charge on any atom is -0.480 e. The van der Waals surface area contributed by atoms with Gasteiger partial charge in [0.05, 0.1) is 11.1 Å². The Balaban J connectivity index is 1.27. The van der Waals surface area contributed by atoms with Crippen molar-refractivity contribution < 1.29 is 19.4 Å². The van der Waals surface area contributed by atoms with Crippen LogP contribution < -0.4 is 5.32 Å². The largest absolute Gasteiger partial charge is 0.480 e. The number of benzene rings is 3. The first-order chi connectivity index (χ1) is 17.0. The summed E-state index contributed by atoms with van der Waals surface area (Å²) in [5.41, 5.74) is 6.19. The van der Waals surface area contributed by atoms with Crippen molar-refractivity contribution in [2.75, 3.05) is 6.61 Å². The van der Waals surface area contributed by atoms with E-state index in [0.29, 0.717) is 16.6 Å². The van der Waals surface area contributed by atoms with Crippen LogP contribution in [0.1, 0.15) is 28.2 Å². The first-order valence-electron chi connectivity index (χ1n) is 11.2. The number of ether oxygens (including phenoxy) is 1. The van der Waals surface area contributed by atoms with Crippen LogP contribution in [-0.2, 0) is 16.0 Å². The van der Waals surface area contributed by atoms with E-state index >= 15 is 0 Å². The maximum atomic E-state index is 12.6. The second-order valence-electron chi connectivity index (χ2n) is 8.43. The van der Waals surface area contributed by atoms with E-state index in [1.807, 2.05) is 54.6 Å². The van der Waals surface area contributed by atoms with Crippen LogP contribution >= 0.6 is 0 Å². The number of fused-ring (bicyclic) bond motifs is 4. The van der Waals surface area contributed by atoms with Gasteiger partial charge in [-0.05, 0) is 39.9 Å². The molecule has 0 bridgehead atoms. The number of carboxylic acid groups (broad SMARTS) is 1. The molecule has 1 aliphatic rings. The summed E-state index contributed by atoms with van der Waals surface area (Å²) in [4.78, 5) is 28.7. The predicted molar refractivity (Wildman–Crippen MR) is 130 cm³/mol. The van der Waals surface area contributed by atoms with Gasteiger partial charge in [-0.2, -0.15) is 5.26 Å². The lowest BCUT2D eigenvalue weighted by Crippen LogP contribution is -2.42. The molecule has 1 atom stereocenters. The van der Waals surface area contributed by atoms with Gasteiger partial charge >= 0.3 is 12.1 Å². The molecule has 3 aromatic carbocycles. The van der Waals surface area contributed by atoms with Gasteiger partial charge in [0.25, 0.3) is 0 Å². The zero-order valence-corrected chi connectivity index (χ0v) is 18.6. The van der Waals surface area contributed by atoms with Gasteiger partial charge in [0.1, 0.15) is 18.7 Å². The van der Waals surface area contributed by atoms with E-state index in [1.54, 1.807) is 24.3 Å². The number of hydrogen-bond acceptors (Lipinski definition) is 5. The van der Waals surface area contributed by atoms with Crippen molar-refractivity contribution in [2.24, 2.45) is 0 Å². The van der Waals surface area contributed by atoms with Gasteiger partial charge in [-0.3, -0.25) is 4.98 Å². The molecule has 0 fully saturated rings. The summed E-state index contributed by atoms with van der Waals surface area (Å²) >= 11 is 0. The number of alkyl carbamates (subject to hydrolysis) is 1. The van der Waals surface area contributed by atoms with Crippen LogP contribution in [0.5, 0.6) is 0 Å². The van der Waals surface area contributed by atoms with E-state index in [-0.39, 0.29) is 18.9 Å². The van der Waals surface area contributed by atoms with Crippen molar-refractivity contribution in [1.82, 2.24) is 10.3 Å². The summed E-state index contributed by atoms with van der Waals surface area (Å²) in [6.07, 6.45) is 0.754. The van der Waals surface area contributed by atoms with Crippen LogP contribution in [0.15, 0.2) is 79.0 Å². The lowest BCUT2D eigenvalue weighted by atomic mass is 9.98. The van der Waals surface area contributed by atoms with Crippen LogP contribution in [0, 0.1) is 11.3 Å². The van der Waals surface area contributed by atoms with Crippen molar-refractivity contribution in [1.29, 1.82) is 5.26 Å². The predicted octanol–water partition coefficient (Wildman–Crippen LogP) is 4.64. The van der Waals surface area contributed by atoms with Gasteiger partial charge in [0.15, 0.2) is 0 Å². The highest BCUT2D eigenvalue weighted by atomic mass is 16.5. The Labute approximate surface area is 201 Å². The maximum Gasteiger partial charge on any atom is 0.407 e. The average molecular weight is 463 g/mol. The molecule has 5 rings (SSSR count). The molecule has 0 saturated carbocycles. The number of carboxylic acids is 1. The number of nitrogens with one attached hydrogen (secondary N) is 1. The minimum absolute atomic E-state index is 0.0666. The van der Waals surface area contributed by atoms with Crippen LogP contribution in [0.25, 0.3) is 22.0 Å². The third-order valence-electron chi connectivity index (χ3n) is 6.25. The molecule has 1 heterocycles. The average Bonchev–Trinajstić information content (AvgIpc) is 3.20. The highest BCUT2D eigenvalue weighted by Crippen LogP contribution is 2.44. The monoisotopic (exact) mass is 463 g/mol. The fourth-order valence-electron chi connectivity index (χ4n) is 4.57. The Morgan fingerprint density at radius 2 is 1.71 bits per heavy atom. The summed E-state index contributed by atoms with van der Waals surface area (Å²) < 4.78 is 5.50. The van der Waals surface area contributed by atoms with Crippen LogP contribution in [-0.4, -0.2) is 34.8 Å². The molecule has 0 aliphatic heterocycles. The van der Waals surface area contributed by atoms with Gasteiger partial charge in [-0.15, -0.1) is 0 Å². The number of amides is 1. The van der Waals surface area contributed by atoms with Gasteiger partial charge in [-0.25, -0.2) is 9.59 Å². The molecule has 35 heavy (non-hydrogen) atoms. The van der Waals surface area contributed by atoms with E-state index in [9.17, 15) is 14.7 Å². The first kappa shape index (κ1) is 22.1. The normalized spacial score (nSPS) is 12.9. The zero-order valence-electron chi connectivity index (χ0n) is 18.6. The summed E-state index contributed by atoms with van der Waals surface area (Å²) in [6, 6.07) is 23.9. The second kappa shape index (κ2) is 9.27. The van der Waals surface area contributed by atoms with Crippen molar-refractivity contribution >= 4 is 23.0 Å². The van der Waals surface area contributed by atoms with Crippen molar-refractivity contribution in [3.05, 3.63) is 101 Å². The van der Waals surface area contributed by atoms with E-state index < -0.39 is 18.1 Å². The number of pyridine rings is 1. The fraction of sp³-hybridized carbons (Fsp3) is 0.143. The number of aromatic nitrogens is 1. The third-order valence-corrected chi connectivity index (χ3v) is 6.25. The van der Waals surface area contributed by atoms with Gasteiger partial charge < -0.3 is 15.2 Å². The van der Waals surface area contributed by atoms with E-state index in [1.165, 1.54) is 6.20 Å². The summed E-state index contributed by atoms with van der Waals surface area (Å²) in [5.74, 6) is -1.27. The number of aliphatic carboxylic acids is 1. The lowest BCUT2D eigenvalue weighted by molar-refractivity contribution is -0.139. The molecule has 2 N–H and O–H groups in total. The topological polar surface area (TPSA) is 112 Å². The summed E-state index contributed by atoms with van der Waals surface area (Å²) in [5, 5.41) is 22.0. The molecular weight excluding hydrogens is 442 g/mol. The maximum absolute atomic E-state index is 12.6. The highest BCUT2D eigenvalue weighted by molar-refractivity contribution is 5.83. The molecule has 1 amide bonds. The highest BCUT2D eigenvalue weighted by Gasteiger charge is 2.29. The lowest BCUT2D eigenvalue weighted by Gasteiger charge is -2.17. The van der Waals surface area contributed by atoms with Gasteiger partial charge in [0.2, 0.25) is 0 Å². The first-order valence-corrected chi connectivity index (χ1v) is 11.2. The molecule has 0 spiro atoms. The Hall–Kier alpha value is -4.70. The molecule has 1 unspecified atom stereocenters. The van der Waals surface area contributed by atoms with Crippen molar-refractivity contribution in [3.63, 3.8) is 0 Å². The Bertz CT molecular complexity index is 1450. The Morgan fingerprint density at radius 1 is 1.03 bits per heavy atom. The second-order valence-corrected chi connectivity index (χ2v) is 8.43. The number of nitriles is 1. The van der Waals surface area contributed by atoms with Crippen LogP contribution in [0.4, 0.5) is 4.79 Å². The third kappa shape index (κ3) is 4.42. The number of nitrogens with zero attached hydrogens (tertiary/aromatic N) is 2. The quantitative estimate of drug-likeness (QED) is 0.431. The van der Waals surface area contributed by atoms with Crippen molar-refractivity contribution in [2.45, 2.75) is 18.4 Å².